The van der Waals surface area contributed by atoms with Gasteiger partial charge in [-0.3, -0.25) is 4.79 Å². The standard InChI is InChI=1S/C25H26N2O3S.C2H2O4/c1-29-22-12-6-7-13-23(22)30-16-15-26-17-25(28)27-20-11-5-8-14-24(20)31-18-21(27)19-9-3-2-4-10-19;3-1(4)2(5)6/h2-14,21,26H,15-18H2,1H3;(H,3,4)(H,5,6). The SMILES string of the molecule is COc1ccccc1OCCNCC(=O)N1c2ccccc2SCC1c1ccccc1.O=C(O)C(=O)O. The topological polar surface area (TPSA) is 125 Å². The molecule has 0 aromatic heterocycles. The van der Waals surface area contributed by atoms with E-state index in [0.29, 0.717) is 24.7 Å². The van der Waals surface area contributed by atoms with Crippen molar-refractivity contribution >= 4 is 35.3 Å². The first-order valence-electron chi connectivity index (χ1n) is 11.4. The van der Waals surface area contributed by atoms with Crippen molar-refractivity contribution in [3.8, 4) is 11.5 Å². The maximum absolute atomic E-state index is 13.3. The molecule has 1 aliphatic rings. The average molecular weight is 525 g/mol. The Bertz CT molecular complexity index is 1190. The Balaban J connectivity index is 0.000000568. The molecule has 0 fully saturated rings. The van der Waals surface area contributed by atoms with E-state index in [9.17, 15) is 4.79 Å². The predicted octanol–water partition coefficient (Wildman–Crippen LogP) is 3.70. The van der Waals surface area contributed by atoms with Gasteiger partial charge in [0.25, 0.3) is 0 Å². The fourth-order valence-corrected chi connectivity index (χ4v) is 4.84. The van der Waals surface area contributed by atoms with Crippen molar-refractivity contribution in [2.75, 3.05) is 37.5 Å². The van der Waals surface area contributed by atoms with Gasteiger partial charge in [-0.05, 0) is 29.8 Å². The van der Waals surface area contributed by atoms with E-state index < -0.39 is 11.9 Å². The van der Waals surface area contributed by atoms with E-state index in [1.807, 2.05) is 65.6 Å². The number of fused-ring (bicyclic) bond motifs is 1. The number of amides is 1. The highest BCUT2D eigenvalue weighted by Gasteiger charge is 2.32. The van der Waals surface area contributed by atoms with Crippen LogP contribution in [0.15, 0.2) is 83.8 Å². The summed E-state index contributed by atoms with van der Waals surface area (Å²) in [5.74, 6) is -1.36. The van der Waals surface area contributed by atoms with E-state index in [2.05, 4.69) is 23.5 Å². The largest absolute Gasteiger partial charge is 0.493 e. The number of ether oxygens (including phenoxy) is 2. The van der Waals surface area contributed by atoms with Gasteiger partial charge < -0.3 is 29.9 Å². The fourth-order valence-electron chi connectivity index (χ4n) is 3.67. The molecule has 37 heavy (non-hydrogen) atoms. The maximum Gasteiger partial charge on any atom is 0.414 e. The van der Waals surface area contributed by atoms with E-state index in [4.69, 9.17) is 29.3 Å². The lowest BCUT2D eigenvalue weighted by Crippen LogP contribution is -2.43. The zero-order valence-corrected chi connectivity index (χ0v) is 21.0. The molecule has 10 heteroatoms. The number of benzene rings is 3. The van der Waals surface area contributed by atoms with Gasteiger partial charge in [0.15, 0.2) is 11.5 Å². The van der Waals surface area contributed by atoms with Crippen LogP contribution in [-0.4, -0.2) is 60.6 Å². The van der Waals surface area contributed by atoms with Crippen LogP contribution in [-0.2, 0) is 14.4 Å². The Morgan fingerprint density at radius 3 is 2.22 bits per heavy atom. The number of para-hydroxylation sites is 3. The Labute approximate surface area is 219 Å². The van der Waals surface area contributed by atoms with Crippen molar-refractivity contribution in [3.63, 3.8) is 0 Å². The first kappa shape index (κ1) is 27.6. The molecule has 4 rings (SSSR count). The summed E-state index contributed by atoms with van der Waals surface area (Å²) < 4.78 is 11.1. The second-order valence-corrected chi connectivity index (χ2v) is 8.82. The first-order chi connectivity index (χ1) is 17.9. The third-order valence-corrected chi connectivity index (χ3v) is 6.49. The molecule has 0 saturated heterocycles. The Kier molecular flexibility index (Phi) is 10.4. The summed E-state index contributed by atoms with van der Waals surface area (Å²) in [4.78, 5) is 34.6. The normalized spacial score (nSPS) is 14.0. The Morgan fingerprint density at radius 2 is 1.54 bits per heavy atom. The predicted molar refractivity (Wildman–Crippen MR) is 140 cm³/mol. The first-order valence-corrected chi connectivity index (χ1v) is 12.4. The molecule has 1 heterocycles. The van der Waals surface area contributed by atoms with E-state index in [-0.39, 0.29) is 18.5 Å². The summed E-state index contributed by atoms with van der Waals surface area (Å²) in [6, 6.07) is 25.9. The zero-order valence-electron chi connectivity index (χ0n) is 20.2. The molecule has 194 valence electrons. The highest BCUT2D eigenvalue weighted by Crippen LogP contribution is 2.43. The van der Waals surface area contributed by atoms with Gasteiger partial charge in [-0.15, -0.1) is 11.8 Å². The highest BCUT2D eigenvalue weighted by molar-refractivity contribution is 7.99. The molecule has 3 aromatic carbocycles. The third kappa shape index (κ3) is 7.73. The van der Waals surface area contributed by atoms with Gasteiger partial charge in [0.05, 0.1) is 25.4 Å². The van der Waals surface area contributed by atoms with Crippen LogP contribution in [0.2, 0.25) is 0 Å². The summed E-state index contributed by atoms with van der Waals surface area (Å²) in [5.41, 5.74) is 2.13. The summed E-state index contributed by atoms with van der Waals surface area (Å²) in [5, 5.41) is 18.0. The number of carboxylic acids is 2. The van der Waals surface area contributed by atoms with E-state index >= 15 is 0 Å². The molecule has 0 saturated carbocycles. The van der Waals surface area contributed by atoms with Gasteiger partial charge in [0.1, 0.15) is 6.61 Å². The van der Waals surface area contributed by atoms with Crippen LogP contribution in [0.25, 0.3) is 0 Å². The molecule has 0 aliphatic carbocycles. The van der Waals surface area contributed by atoms with Crippen LogP contribution < -0.4 is 19.7 Å². The van der Waals surface area contributed by atoms with Crippen LogP contribution in [0.5, 0.6) is 11.5 Å². The van der Waals surface area contributed by atoms with Crippen LogP contribution in [0.3, 0.4) is 0 Å². The van der Waals surface area contributed by atoms with Crippen molar-refractivity contribution < 1.29 is 34.1 Å². The van der Waals surface area contributed by atoms with Crippen molar-refractivity contribution in [3.05, 3.63) is 84.4 Å². The number of thioether (sulfide) groups is 1. The van der Waals surface area contributed by atoms with E-state index in [1.165, 1.54) is 0 Å². The minimum Gasteiger partial charge on any atom is -0.493 e. The number of nitrogens with zero attached hydrogens (tertiary/aromatic N) is 1. The van der Waals surface area contributed by atoms with Gasteiger partial charge in [0.2, 0.25) is 5.91 Å². The highest BCUT2D eigenvalue weighted by atomic mass is 32.2. The van der Waals surface area contributed by atoms with Crippen molar-refractivity contribution in [1.82, 2.24) is 5.32 Å². The van der Waals surface area contributed by atoms with Crippen molar-refractivity contribution in [2.24, 2.45) is 0 Å². The Morgan fingerprint density at radius 1 is 0.919 bits per heavy atom. The number of aliphatic carboxylic acids is 2. The quantitative estimate of drug-likeness (QED) is 0.299. The minimum atomic E-state index is -1.82. The monoisotopic (exact) mass is 524 g/mol. The molecule has 3 aromatic rings. The van der Waals surface area contributed by atoms with Crippen LogP contribution in [0, 0.1) is 0 Å². The van der Waals surface area contributed by atoms with E-state index in [1.54, 1.807) is 18.9 Å². The van der Waals surface area contributed by atoms with Crippen LogP contribution >= 0.6 is 11.8 Å². The number of hydrogen-bond donors (Lipinski definition) is 3. The molecule has 1 atom stereocenters. The van der Waals surface area contributed by atoms with Gasteiger partial charge in [-0.2, -0.15) is 0 Å². The number of carboxylic acid groups (broad SMARTS) is 2. The second kappa shape index (κ2) is 13.9. The number of carbonyl (C=O) groups is 3. The molecule has 0 spiro atoms. The fraction of sp³-hybridized carbons (Fsp3) is 0.222. The maximum atomic E-state index is 13.3. The van der Waals surface area contributed by atoms with Crippen LogP contribution in [0.4, 0.5) is 5.69 Å². The average Bonchev–Trinajstić information content (AvgIpc) is 2.93. The second-order valence-electron chi connectivity index (χ2n) is 7.76. The lowest BCUT2D eigenvalue weighted by molar-refractivity contribution is -0.159. The lowest BCUT2D eigenvalue weighted by Gasteiger charge is -2.37. The van der Waals surface area contributed by atoms with Crippen molar-refractivity contribution in [1.29, 1.82) is 0 Å². The molecule has 1 unspecified atom stereocenters. The van der Waals surface area contributed by atoms with E-state index in [0.717, 1.165) is 21.9 Å². The molecular weight excluding hydrogens is 496 g/mol. The van der Waals surface area contributed by atoms with Gasteiger partial charge in [-0.1, -0.05) is 54.6 Å². The zero-order chi connectivity index (χ0) is 26.6. The summed E-state index contributed by atoms with van der Waals surface area (Å²) in [6.07, 6.45) is 0. The van der Waals surface area contributed by atoms with Gasteiger partial charge >= 0.3 is 11.9 Å². The Hall–Kier alpha value is -4.02. The number of methoxy groups -OCH3 is 1. The molecule has 1 amide bonds. The third-order valence-electron chi connectivity index (χ3n) is 5.35. The molecule has 0 radical (unpaired) electrons. The molecule has 1 aliphatic heterocycles. The molecule has 9 nitrogen and oxygen atoms in total. The summed E-state index contributed by atoms with van der Waals surface area (Å²) >= 11 is 1.80. The van der Waals surface area contributed by atoms with Crippen molar-refractivity contribution in [2.45, 2.75) is 10.9 Å². The molecule has 3 N–H and O–H groups in total. The van der Waals surface area contributed by atoms with Gasteiger partial charge in [-0.25, -0.2) is 9.59 Å². The number of nitrogens with one attached hydrogen (secondary N) is 1. The van der Waals surface area contributed by atoms with Crippen LogP contribution in [0.1, 0.15) is 11.6 Å². The number of rotatable bonds is 8. The lowest BCUT2D eigenvalue weighted by atomic mass is 10.1. The molecular formula is C27H28N2O7S. The van der Waals surface area contributed by atoms with Gasteiger partial charge in [0, 0.05) is 17.2 Å². The number of anilines is 1. The summed E-state index contributed by atoms with van der Waals surface area (Å²) in [6.45, 7) is 1.25. The number of carbonyl (C=O) groups excluding carboxylic acids is 1. The summed E-state index contributed by atoms with van der Waals surface area (Å²) in [7, 11) is 1.62. The number of hydrogen-bond acceptors (Lipinski definition) is 7. The molecule has 0 bridgehead atoms. The minimum absolute atomic E-state index is 0.0141. The smallest absolute Gasteiger partial charge is 0.414 e.